The van der Waals surface area contributed by atoms with E-state index in [2.05, 4.69) is 29.0 Å². The third-order valence-corrected chi connectivity index (χ3v) is 7.14. The maximum atomic E-state index is 12.9. The van der Waals surface area contributed by atoms with E-state index in [-0.39, 0.29) is 5.91 Å². The molecule has 134 valence electrons. The predicted molar refractivity (Wildman–Crippen MR) is 102 cm³/mol. The highest BCUT2D eigenvalue weighted by molar-refractivity contribution is 7.20. The largest absolute Gasteiger partial charge is 0.384 e. The molecule has 2 fully saturated rings. The van der Waals surface area contributed by atoms with Crippen molar-refractivity contribution in [1.82, 2.24) is 9.80 Å². The van der Waals surface area contributed by atoms with Gasteiger partial charge in [0.1, 0.15) is 0 Å². The van der Waals surface area contributed by atoms with Gasteiger partial charge in [0, 0.05) is 43.9 Å². The first-order valence-corrected chi connectivity index (χ1v) is 9.88. The first-order valence-electron chi connectivity index (χ1n) is 9.07. The average Bonchev–Trinajstić information content (AvgIpc) is 3.17. The standard InChI is InChI=1S/C20H26N2O2S/c1-21-12-16(13-24-2)20(14-21)7-9-22(10-8-20)19(23)18-11-15-5-3-4-6-17(15)25-18/h3-6,11,16H,7-10,12-14H2,1-2H3/t16-/m0/s1. The molecule has 1 aromatic carbocycles. The number of ether oxygens (including phenoxy) is 1. The summed E-state index contributed by atoms with van der Waals surface area (Å²) >= 11 is 1.61. The molecule has 0 unspecified atom stereocenters. The van der Waals surface area contributed by atoms with Crippen LogP contribution in [-0.2, 0) is 4.74 Å². The van der Waals surface area contributed by atoms with Crippen molar-refractivity contribution in [3.8, 4) is 0 Å². The number of hydrogen-bond donors (Lipinski definition) is 0. The molecule has 5 heteroatoms. The molecule has 1 spiro atoms. The Kier molecular flexibility index (Phi) is 4.56. The lowest BCUT2D eigenvalue weighted by molar-refractivity contribution is 0.0327. The number of fused-ring (bicyclic) bond motifs is 1. The smallest absolute Gasteiger partial charge is 0.263 e. The van der Waals surface area contributed by atoms with Crippen molar-refractivity contribution in [1.29, 1.82) is 0 Å². The molecular formula is C20H26N2O2S. The highest BCUT2D eigenvalue weighted by Gasteiger charge is 2.47. The molecule has 4 nitrogen and oxygen atoms in total. The van der Waals surface area contributed by atoms with Crippen LogP contribution >= 0.6 is 11.3 Å². The summed E-state index contributed by atoms with van der Waals surface area (Å²) in [7, 11) is 4.00. The minimum Gasteiger partial charge on any atom is -0.384 e. The van der Waals surface area contributed by atoms with Gasteiger partial charge in [0.05, 0.1) is 11.5 Å². The van der Waals surface area contributed by atoms with E-state index in [0.717, 1.165) is 50.5 Å². The first-order chi connectivity index (χ1) is 12.1. The lowest BCUT2D eigenvalue weighted by atomic mass is 9.71. The van der Waals surface area contributed by atoms with Crippen LogP contribution in [-0.4, -0.2) is 62.7 Å². The summed E-state index contributed by atoms with van der Waals surface area (Å²) in [6.45, 7) is 4.79. The average molecular weight is 359 g/mol. The van der Waals surface area contributed by atoms with Gasteiger partial charge in [-0.25, -0.2) is 0 Å². The number of hydrogen-bond acceptors (Lipinski definition) is 4. The monoisotopic (exact) mass is 358 g/mol. The number of rotatable bonds is 3. The van der Waals surface area contributed by atoms with Crippen molar-refractivity contribution in [2.24, 2.45) is 11.3 Å². The molecule has 3 heterocycles. The quantitative estimate of drug-likeness (QED) is 0.844. The van der Waals surface area contributed by atoms with Crippen molar-refractivity contribution >= 4 is 27.3 Å². The van der Waals surface area contributed by atoms with Gasteiger partial charge in [-0.3, -0.25) is 4.79 Å². The number of amides is 1. The number of benzene rings is 1. The SMILES string of the molecule is COC[C@@H]1CN(C)CC12CCN(C(=O)c1cc3ccccc3s1)CC2. The Labute approximate surface area is 153 Å². The maximum Gasteiger partial charge on any atom is 0.263 e. The van der Waals surface area contributed by atoms with E-state index in [0.29, 0.717) is 11.3 Å². The number of carbonyl (C=O) groups excluding carboxylic acids is 1. The van der Waals surface area contributed by atoms with E-state index in [1.54, 1.807) is 18.4 Å². The summed E-state index contributed by atoms with van der Waals surface area (Å²) in [6, 6.07) is 10.3. The van der Waals surface area contributed by atoms with Crippen LogP contribution in [0.5, 0.6) is 0 Å². The van der Waals surface area contributed by atoms with Crippen molar-refractivity contribution < 1.29 is 9.53 Å². The molecule has 2 aliphatic heterocycles. The van der Waals surface area contributed by atoms with E-state index in [4.69, 9.17) is 4.74 Å². The predicted octanol–water partition coefficient (Wildman–Crippen LogP) is 3.33. The summed E-state index contributed by atoms with van der Waals surface area (Å²) in [6.07, 6.45) is 2.17. The zero-order valence-corrected chi connectivity index (χ0v) is 15.8. The van der Waals surface area contributed by atoms with Gasteiger partial charge in [0.2, 0.25) is 0 Å². The van der Waals surface area contributed by atoms with E-state index in [1.165, 1.54) is 10.1 Å². The molecule has 0 bridgehead atoms. The minimum atomic E-state index is 0.200. The molecule has 0 aliphatic carbocycles. The van der Waals surface area contributed by atoms with Crippen molar-refractivity contribution in [2.45, 2.75) is 12.8 Å². The minimum absolute atomic E-state index is 0.200. The van der Waals surface area contributed by atoms with Crippen LogP contribution in [0.25, 0.3) is 10.1 Å². The Morgan fingerprint density at radius 3 is 2.80 bits per heavy atom. The normalized spacial score (nSPS) is 23.6. The number of nitrogens with zero attached hydrogens (tertiary/aromatic N) is 2. The van der Waals surface area contributed by atoms with Crippen molar-refractivity contribution in [2.75, 3.05) is 46.9 Å². The second-order valence-corrected chi connectivity index (χ2v) is 8.74. The first kappa shape index (κ1) is 17.0. The maximum absolute atomic E-state index is 12.9. The summed E-state index contributed by atoms with van der Waals surface area (Å²) in [5.74, 6) is 0.787. The fourth-order valence-electron chi connectivity index (χ4n) is 4.70. The van der Waals surface area contributed by atoms with Crippen LogP contribution in [0.3, 0.4) is 0 Å². The molecule has 0 N–H and O–H groups in total. The number of methoxy groups -OCH3 is 1. The molecular weight excluding hydrogens is 332 g/mol. The van der Waals surface area contributed by atoms with Gasteiger partial charge < -0.3 is 14.5 Å². The van der Waals surface area contributed by atoms with Crippen LogP contribution in [0.4, 0.5) is 0 Å². The van der Waals surface area contributed by atoms with E-state index in [9.17, 15) is 4.79 Å². The van der Waals surface area contributed by atoms with Crippen molar-refractivity contribution in [3.63, 3.8) is 0 Å². The van der Waals surface area contributed by atoms with Gasteiger partial charge in [-0.05, 0) is 42.8 Å². The molecule has 1 atom stereocenters. The lowest BCUT2D eigenvalue weighted by Gasteiger charge is -2.42. The Morgan fingerprint density at radius 1 is 1.32 bits per heavy atom. The number of thiophene rings is 1. The van der Waals surface area contributed by atoms with E-state index >= 15 is 0 Å². The van der Waals surface area contributed by atoms with Gasteiger partial charge >= 0.3 is 0 Å². The molecule has 25 heavy (non-hydrogen) atoms. The molecule has 4 rings (SSSR count). The molecule has 0 saturated carbocycles. The summed E-state index contributed by atoms with van der Waals surface area (Å²) in [4.78, 5) is 18.3. The molecule has 1 aromatic heterocycles. The summed E-state index contributed by atoms with van der Waals surface area (Å²) in [5, 5.41) is 1.17. The third kappa shape index (κ3) is 3.09. The molecule has 2 aromatic rings. The van der Waals surface area contributed by atoms with Gasteiger partial charge in [0.25, 0.3) is 5.91 Å². The van der Waals surface area contributed by atoms with Crippen LogP contribution in [0.15, 0.2) is 30.3 Å². The van der Waals surface area contributed by atoms with E-state index in [1.807, 2.05) is 18.2 Å². The second kappa shape index (κ2) is 6.71. The summed E-state index contributed by atoms with van der Waals surface area (Å²) in [5.41, 5.74) is 0.321. The van der Waals surface area contributed by atoms with Crippen LogP contribution < -0.4 is 0 Å². The topological polar surface area (TPSA) is 32.8 Å². The fraction of sp³-hybridized carbons (Fsp3) is 0.550. The highest BCUT2D eigenvalue weighted by Crippen LogP contribution is 2.44. The highest BCUT2D eigenvalue weighted by atomic mass is 32.1. The number of piperidine rings is 1. The van der Waals surface area contributed by atoms with Gasteiger partial charge in [0.15, 0.2) is 0 Å². The molecule has 0 radical (unpaired) electrons. The Hall–Kier alpha value is -1.43. The fourth-order valence-corrected chi connectivity index (χ4v) is 5.73. The van der Waals surface area contributed by atoms with Gasteiger partial charge in [-0.1, -0.05) is 18.2 Å². The second-order valence-electron chi connectivity index (χ2n) is 7.65. The molecule has 2 saturated heterocycles. The molecule has 2 aliphatic rings. The Bertz CT molecular complexity index is 731. The summed E-state index contributed by atoms with van der Waals surface area (Å²) < 4.78 is 6.66. The van der Waals surface area contributed by atoms with Gasteiger partial charge in [-0.2, -0.15) is 0 Å². The number of carbonyl (C=O) groups is 1. The van der Waals surface area contributed by atoms with Gasteiger partial charge in [-0.15, -0.1) is 11.3 Å². The van der Waals surface area contributed by atoms with Crippen LogP contribution in [0, 0.1) is 11.3 Å². The van der Waals surface area contributed by atoms with Crippen LogP contribution in [0.1, 0.15) is 22.5 Å². The Balaban J connectivity index is 1.47. The zero-order valence-electron chi connectivity index (χ0n) is 15.0. The third-order valence-electron chi connectivity index (χ3n) is 6.03. The van der Waals surface area contributed by atoms with Crippen LogP contribution in [0.2, 0.25) is 0 Å². The zero-order chi connectivity index (χ0) is 17.4. The van der Waals surface area contributed by atoms with E-state index < -0.39 is 0 Å². The lowest BCUT2D eigenvalue weighted by Crippen LogP contribution is -2.47. The Morgan fingerprint density at radius 2 is 2.08 bits per heavy atom. The van der Waals surface area contributed by atoms with Crippen molar-refractivity contribution in [3.05, 3.63) is 35.2 Å². The number of likely N-dealkylation sites (tertiary alicyclic amines) is 2. The molecule has 1 amide bonds.